The van der Waals surface area contributed by atoms with Crippen LogP contribution in [-0.2, 0) is 0 Å². The number of hydrogen-bond donors (Lipinski definition) is 1. The van der Waals surface area contributed by atoms with E-state index in [9.17, 15) is 0 Å². The summed E-state index contributed by atoms with van der Waals surface area (Å²) in [7, 11) is 0. The number of aromatic nitrogens is 1. The molecule has 3 aromatic rings. The minimum Gasteiger partial charge on any atom is -0.344 e. The van der Waals surface area contributed by atoms with E-state index < -0.39 is 0 Å². The summed E-state index contributed by atoms with van der Waals surface area (Å²) < 4.78 is 0. The van der Waals surface area contributed by atoms with E-state index in [-0.39, 0.29) is 6.15 Å². The Morgan fingerprint density at radius 3 is 1.90 bits per heavy atom. The molecule has 21 heavy (non-hydrogen) atoms. The Balaban J connectivity index is 0.000000281. The standard InChI is InChI=1S/C15H11N.C4H8.H3N/c1-2-6-12(7-3-1)15-11-10-13-8-4-5-9-14(13)16-15;1-2-4-3-1;/h1-11H;1-4H2;1H3. The third-order valence-corrected chi connectivity index (χ3v) is 3.67. The first-order valence-corrected chi connectivity index (χ1v) is 7.35. The molecule has 108 valence electrons. The summed E-state index contributed by atoms with van der Waals surface area (Å²) in [6.45, 7) is 0. The average molecular weight is 278 g/mol. The predicted molar refractivity (Wildman–Crippen MR) is 90.7 cm³/mol. The summed E-state index contributed by atoms with van der Waals surface area (Å²) in [5.41, 5.74) is 3.23. The lowest BCUT2D eigenvalue weighted by molar-refractivity contribution is 0.504. The molecular weight excluding hydrogens is 256 g/mol. The van der Waals surface area contributed by atoms with Crippen LogP contribution in [0.4, 0.5) is 0 Å². The molecule has 2 aromatic carbocycles. The second kappa shape index (κ2) is 7.55. The molecule has 0 radical (unpaired) electrons. The Bertz CT molecular complexity index is 669. The molecule has 0 unspecified atom stereocenters. The monoisotopic (exact) mass is 278 g/mol. The summed E-state index contributed by atoms with van der Waals surface area (Å²) in [4.78, 5) is 4.65. The van der Waals surface area contributed by atoms with Gasteiger partial charge in [-0.1, -0.05) is 80.3 Å². The fourth-order valence-electron chi connectivity index (χ4n) is 2.09. The molecule has 0 spiro atoms. The van der Waals surface area contributed by atoms with Crippen LogP contribution in [0.5, 0.6) is 0 Å². The van der Waals surface area contributed by atoms with Crippen LogP contribution in [0, 0.1) is 0 Å². The minimum atomic E-state index is 0. The maximum atomic E-state index is 4.65. The number of pyridine rings is 1. The molecule has 1 aromatic heterocycles. The molecule has 0 saturated heterocycles. The maximum absolute atomic E-state index is 4.65. The largest absolute Gasteiger partial charge is 0.344 e. The van der Waals surface area contributed by atoms with Crippen LogP contribution in [0.2, 0.25) is 0 Å². The van der Waals surface area contributed by atoms with Crippen LogP contribution in [0.1, 0.15) is 25.7 Å². The Hall–Kier alpha value is -2.19. The predicted octanol–water partition coefficient (Wildman–Crippen LogP) is 5.62. The van der Waals surface area contributed by atoms with Gasteiger partial charge in [0.05, 0.1) is 11.2 Å². The molecule has 1 saturated carbocycles. The van der Waals surface area contributed by atoms with Gasteiger partial charge in [0.2, 0.25) is 0 Å². The molecule has 0 bridgehead atoms. The Morgan fingerprint density at radius 2 is 1.24 bits per heavy atom. The Labute approximate surface area is 126 Å². The van der Waals surface area contributed by atoms with Gasteiger partial charge < -0.3 is 6.15 Å². The van der Waals surface area contributed by atoms with Crippen molar-refractivity contribution in [3.8, 4) is 11.3 Å². The van der Waals surface area contributed by atoms with Gasteiger partial charge in [-0.05, 0) is 12.1 Å². The van der Waals surface area contributed by atoms with Crippen molar-refractivity contribution in [1.82, 2.24) is 11.1 Å². The molecule has 1 fully saturated rings. The van der Waals surface area contributed by atoms with Gasteiger partial charge in [-0.25, -0.2) is 4.98 Å². The molecule has 0 atom stereocenters. The first kappa shape index (κ1) is 15.2. The van der Waals surface area contributed by atoms with E-state index in [0.29, 0.717) is 0 Å². The smallest absolute Gasteiger partial charge is 0.0709 e. The molecular formula is C19H22N2. The second-order valence-electron chi connectivity index (χ2n) is 5.17. The summed E-state index contributed by atoms with van der Waals surface area (Å²) in [5, 5.41) is 1.18. The second-order valence-corrected chi connectivity index (χ2v) is 5.17. The molecule has 2 nitrogen and oxygen atoms in total. The summed E-state index contributed by atoms with van der Waals surface area (Å²) in [6.07, 6.45) is 6.00. The van der Waals surface area contributed by atoms with Crippen LogP contribution in [0.25, 0.3) is 22.2 Å². The van der Waals surface area contributed by atoms with Gasteiger partial charge in [0.15, 0.2) is 0 Å². The van der Waals surface area contributed by atoms with Gasteiger partial charge in [-0.3, -0.25) is 0 Å². The van der Waals surface area contributed by atoms with E-state index in [1.54, 1.807) is 0 Å². The number of benzene rings is 2. The number of nitrogens with zero attached hydrogens (tertiary/aromatic N) is 1. The third kappa shape index (κ3) is 3.89. The van der Waals surface area contributed by atoms with Crippen molar-refractivity contribution in [3.63, 3.8) is 0 Å². The SMILES string of the molecule is C1CCC1.N.c1ccc(-c2ccc3ccccc3n2)cc1. The van der Waals surface area contributed by atoms with Crippen molar-refractivity contribution in [2.24, 2.45) is 0 Å². The number of fused-ring (bicyclic) bond motifs is 1. The van der Waals surface area contributed by atoms with Gasteiger partial charge in [-0.15, -0.1) is 0 Å². The molecule has 4 rings (SSSR count). The van der Waals surface area contributed by atoms with Crippen molar-refractivity contribution in [3.05, 3.63) is 66.7 Å². The fourth-order valence-corrected chi connectivity index (χ4v) is 2.09. The third-order valence-electron chi connectivity index (χ3n) is 3.67. The van der Waals surface area contributed by atoms with Crippen LogP contribution in [0.15, 0.2) is 66.7 Å². The summed E-state index contributed by atoms with van der Waals surface area (Å²) in [6, 6.07) is 22.6. The average Bonchev–Trinajstić information content (AvgIpc) is 2.46. The molecule has 0 aliphatic heterocycles. The highest BCUT2D eigenvalue weighted by Crippen LogP contribution is 2.20. The molecule has 1 aliphatic carbocycles. The van der Waals surface area contributed by atoms with Gasteiger partial charge in [-0.2, -0.15) is 0 Å². The van der Waals surface area contributed by atoms with Gasteiger partial charge in [0, 0.05) is 10.9 Å². The normalized spacial score (nSPS) is 12.6. The van der Waals surface area contributed by atoms with Crippen LogP contribution in [0.3, 0.4) is 0 Å². The van der Waals surface area contributed by atoms with E-state index in [2.05, 4.69) is 35.3 Å². The lowest BCUT2D eigenvalue weighted by Crippen LogP contribution is -1.85. The maximum Gasteiger partial charge on any atom is 0.0709 e. The van der Waals surface area contributed by atoms with Crippen molar-refractivity contribution >= 4 is 10.9 Å². The zero-order chi connectivity index (χ0) is 13.6. The summed E-state index contributed by atoms with van der Waals surface area (Å²) in [5.74, 6) is 0. The summed E-state index contributed by atoms with van der Waals surface area (Å²) >= 11 is 0. The lowest BCUT2D eigenvalue weighted by Gasteiger charge is -2.05. The molecule has 0 amide bonds. The van der Waals surface area contributed by atoms with E-state index in [1.165, 1.54) is 31.1 Å². The van der Waals surface area contributed by atoms with E-state index in [0.717, 1.165) is 16.8 Å². The van der Waals surface area contributed by atoms with E-state index >= 15 is 0 Å². The molecule has 1 aliphatic rings. The fraction of sp³-hybridized carbons (Fsp3) is 0.211. The zero-order valence-electron chi connectivity index (χ0n) is 12.3. The minimum absolute atomic E-state index is 0. The van der Waals surface area contributed by atoms with Crippen molar-refractivity contribution in [2.45, 2.75) is 25.7 Å². The van der Waals surface area contributed by atoms with Crippen molar-refractivity contribution in [2.75, 3.05) is 0 Å². The zero-order valence-corrected chi connectivity index (χ0v) is 12.3. The Kier molecular flexibility index (Phi) is 5.47. The van der Waals surface area contributed by atoms with Crippen molar-refractivity contribution < 1.29 is 0 Å². The van der Waals surface area contributed by atoms with Gasteiger partial charge >= 0.3 is 0 Å². The highest BCUT2D eigenvalue weighted by molar-refractivity contribution is 5.81. The molecule has 1 heterocycles. The molecule has 2 heteroatoms. The highest BCUT2D eigenvalue weighted by Gasteiger charge is 1.99. The number of para-hydroxylation sites is 1. The quantitative estimate of drug-likeness (QED) is 0.627. The van der Waals surface area contributed by atoms with Gasteiger partial charge in [0.1, 0.15) is 0 Å². The number of rotatable bonds is 1. The van der Waals surface area contributed by atoms with Crippen LogP contribution >= 0.6 is 0 Å². The van der Waals surface area contributed by atoms with Crippen LogP contribution in [-0.4, -0.2) is 4.98 Å². The first-order valence-electron chi connectivity index (χ1n) is 7.35. The highest BCUT2D eigenvalue weighted by atomic mass is 14.7. The first-order chi connectivity index (χ1) is 9.93. The topological polar surface area (TPSA) is 47.9 Å². The Morgan fingerprint density at radius 1 is 0.619 bits per heavy atom. The van der Waals surface area contributed by atoms with Crippen molar-refractivity contribution in [1.29, 1.82) is 0 Å². The number of hydrogen-bond acceptors (Lipinski definition) is 2. The van der Waals surface area contributed by atoms with E-state index in [4.69, 9.17) is 0 Å². The molecule has 3 N–H and O–H groups in total. The van der Waals surface area contributed by atoms with Gasteiger partial charge in [0.25, 0.3) is 0 Å². The van der Waals surface area contributed by atoms with Crippen LogP contribution < -0.4 is 6.15 Å². The van der Waals surface area contributed by atoms with E-state index in [1.807, 2.05) is 36.4 Å². The lowest BCUT2D eigenvalue weighted by atomic mass is 10.0.